The quantitative estimate of drug-likeness (QED) is 0.802. The maximum absolute atomic E-state index is 12.5. The van der Waals surface area contributed by atoms with Crippen molar-refractivity contribution in [3.63, 3.8) is 0 Å². The van der Waals surface area contributed by atoms with Crippen LogP contribution in [-0.4, -0.2) is 25.5 Å². The fourth-order valence-corrected chi connectivity index (χ4v) is 1.95. The van der Waals surface area contributed by atoms with E-state index in [-0.39, 0.29) is 12.2 Å². The molecule has 1 heterocycles. The van der Waals surface area contributed by atoms with Crippen molar-refractivity contribution < 1.29 is 18.0 Å². The molecule has 0 fully saturated rings. The zero-order valence-corrected chi connectivity index (χ0v) is 9.58. The van der Waals surface area contributed by atoms with Crippen molar-refractivity contribution >= 4 is 17.3 Å². The number of nitrogens with two attached hydrogens (primary N) is 1. The molecule has 1 atom stereocenters. The number of anilines is 2. The fraction of sp³-hybridized carbons (Fsp3) is 0.364. The van der Waals surface area contributed by atoms with Gasteiger partial charge in [0.15, 0.2) is 0 Å². The van der Waals surface area contributed by atoms with Crippen molar-refractivity contribution in [2.24, 2.45) is 5.73 Å². The lowest BCUT2D eigenvalue weighted by Crippen LogP contribution is -2.50. The molecule has 1 aliphatic heterocycles. The maximum atomic E-state index is 12.5. The Hall–Kier alpha value is -1.76. The summed E-state index contributed by atoms with van der Waals surface area (Å²) in [6, 6.07) is 2.69. The van der Waals surface area contributed by atoms with E-state index >= 15 is 0 Å². The number of nitrogens with zero attached hydrogens (tertiary/aromatic N) is 1. The summed E-state index contributed by atoms with van der Waals surface area (Å²) in [7, 11) is 1.63. The predicted octanol–water partition coefficient (Wildman–Crippen LogP) is 1.42. The van der Waals surface area contributed by atoms with Gasteiger partial charge in [0.05, 0.1) is 16.9 Å². The molecule has 0 saturated carbocycles. The molecule has 1 unspecified atom stereocenters. The van der Waals surface area contributed by atoms with Crippen LogP contribution in [0.2, 0.25) is 0 Å². The van der Waals surface area contributed by atoms with E-state index in [2.05, 4.69) is 5.32 Å². The smallest absolute Gasteiger partial charge is 0.360 e. The van der Waals surface area contributed by atoms with Crippen LogP contribution in [0.3, 0.4) is 0 Å². The molecule has 98 valence electrons. The Morgan fingerprint density at radius 3 is 2.67 bits per heavy atom. The molecule has 0 radical (unpaired) electrons. The third kappa shape index (κ3) is 2.01. The van der Waals surface area contributed by atoms with Crippen LogP contribution >= 0.6 is 0 Å². The van der Waals surface area contributed by atoms with Gasteiger partial charge >= 0.3 is 6.18 Å². The van der Waals surface area contributed by atoms with E-state index in [4.69, 9.17) is 5.73 Å². The Morgan fingerprint density at radius 2 is 2.11 bits per heavy atom. The Labute approximate surface area is 102 Å². The monoisotopic (exact) mass is 259 g/mol. The molecule has 1 aromatic carbocycles. The zero-order chi connectivity index (χ0) is 13.5. The number of carbonyl (C=O) groups excluding carboxylic acids is 1. The predicted molar refractivity (Wildman–Crippen MR) is 61.3 cm³/mol. The van der Waals surface area contributed by atoms with Crippen molar-refractivity contribution in [3.8, 4) is 0 Å². The van der Waals surface area contributed by atoms with Crippen LogP contribution in [0.4, 0.5) is 24.5 Å². The van der Waals surface area contributed by atoms with Gasteiger partial charge in [-0.2, -0.15) is 13.2 Å². The first-order chi connectivity index (χ1) is 8.34. The van der Waals surface area contributed by atoms with E-state index < -0.39 is 23.7 Å². The molecule has 1 aliphatic rings. The highest BCUT2D eigenvalue weighted by Gasteiger charge is 2.34. The number of carbonyl (C=O) groups is 1. The molecule has 0 aliphatic carbocycles. The number of alkyl halides is 3. The van der Waals surface area contributed by atoms with Gasteiger partial charge in [-0.05, 0) is 18.2 Å². The molecule has 0 bridgehead atoms. The van der Waals surface area contributed by atoms with E-state index in [1.165, 1.54) is 6.07 Å². The SMILES string of the molecule is CN1c2ccc(C(F)(F)F)cc2NC(=O)C1CN. The van der Waals surface area contributed by atoms with Gasteiger partial charge in [0.1, 0.15) is 6.04 Å². The standard InChI is InChI=1S/C11H12F3N3O/c1-17-8-3-2-6(11(12,13)14)4-7(8)16-10(18)9(17)5-15/h2-4,9H,5,15H2,1H3,(H,16,18). The normalized spacial score (nSPS) is 19.5. The number of benzene rings is 1. The number of rotatable bonds is 1. The molecule has 1 aromatic rings. The van der Waals surface area contributed by atoms with Gasteiger partial charge < -0.3 is 16.0 Å². The lowest BCUT2D eigenvalue weighted by Gasteiger charge is -2.34. The second kappa shape index (κ2) is 4.16. The Morgan fingerprint density at radius 1 is 1.44 bits per heavy atom. The van der Waals surface area contributed by atoms with Gasteiger partial charge in [0, 0.05) is 13.6 Å². The Bertz CT molecular complexity index is 487. The first-order valence-corrected chi connectivity index (χ1v) is 5.29. The fourth-order valence-electron chi connectivity index (χ4n) is 1.95. The van der Waals surface area contributed by atoms with Crippen LogP contribution in [-0.2, 0) is 11.0 Å². The number of fused-ring (bicyclic) bond motifs is 1. The lowest BCUT2D eigenvalue weighted by atomic mass is 10.1. The van der Waals surface area contributed by atoms with Crippen LogP contribution in [0.15, 0.2) is 18.2 Å². The van der Waals surface area contributed by atoms with E-state index in [9.17, 15) is 18.0 Å². The molecule has 0 spiro atoms. The van der Waals surface area contributed by atoms with E-state index in [0.29, 0.717) is 5.69 Å². The third-order valence-electron chi connectivity index (χ3n) is 2.96. The average Bonchev–Trinajstić information content (AvgIpc) is 2.27. The van der Waals surface area contributed by atoms with Gasteiger partial charge in [-0.1, -0.05) is 0 Å². The highest BCUT2D eigenvalue weighted by atomic mass is 19.4. The van der Waals surface area contributed by atoms with Crippen LogP contribution in [0.25, 0.3) is 0 Å². The molecule has 0 saturated heterocycles. The molecule has 1 amide bonds. The van der Waals surface area contributed by atoms with Crippen LogP contribution in [0.1, 0.15) is 5.56 Å². The molecule has 7 heteroatoms. The topological polar surface area (TPSA) is 58.4 Å². The van der Waals surface area contributed by atoms with Crippen molar-refractivity contribution in [1.29, 1.82) is 0 Å². The summed E-state index contributed by atoms with van der Waals surface area (Å²) >= 11 is 0. The summed E-state index contributed by atoms with van der Waals surface area (Å²) in [5.41, 5.74) is 5.35. The average molecular weight is 259 g/mol. The first kappa shape index (κ1) is 12.7. The second-order valence-corrected chi connectivity index (χ2v) is 4.08. The summed E-state index contributed by atoms with van der Waals surface area (Å²) in [4.78, 5) is 13.2. The van der Waals surface area contributed by atoms with Crippen molar-refractivity contribution in [2.45, 2.75) is 12.2 Å². The van der Waals surface area contributed by atoms with Gasteiger partial charge in [-0.3, -0.25) is 4.79 Å². The highest BCUT2D eigenvalue weighted by Crippen LogP contribution is 2.37. The molecular formula is C11H12F3N3O. The van der Waals surface area contributed by atoms with Crippen LogP contribution in [0, 0.1) is 0 Å². The molecule has 4 nitrogen and oxygen atoms in total. The summed E-state index contributed by atoms with van der Waals surface area (Å²) in [5.74, 6) is -0.396. The number of amides is 1. The molecule has 2 rings (SSSR count). The first-order valence-electron chi connectivity index (χ1n) is 5.29. The largest absolute Gasteiger partial charge is 0.416 e. The minimum absolute atomic E-state index is 0.1000. The lowest BCUT2D eigenvalue weighted by molar-refractivity contribution is -0.137. The third-order valence-corrected chi connectivity index (χ3v) is 2.96. The van der Waals surface area contributed by atoms with Crippen LogP contribution in [0.5, 0.6) is 0 Å². The molecule has 0 aromatic heterocycles. The zero-order valence-electron chi connectivity index (χ0n) is 9.58. The number of likely N-dealkylation sites (N-methyl/N-ethyl adjacent to an activating group) is 1. The maximum Gasteiger partial charge on any atom is 0.416 e. The van der Waals surface area contributed by atoms with Gasteiger partial charge in [0.25, 0.3) is 0 Å². The summed E-state index contributed by atoms with van der Waals surface area (Å²) < 4.78 is 37.6. The number of nitrogens with one attached hydrogen (secondary N) is 1. The minimum atomic E-state index is -4.43. The Balaban J connectivity index is 2.45. The van der Waals surface area contributed by atoms with E-state index in [0.717, 1.165) is 12.1 Å². The van der Waals surface area contributed by atoms with Crippen LogP contribution < -0.4 is 16.0 Å². The summed E-state index contributed by atoms with van der Waals surface area (Å²) in [6.45, 7) is 0.1000. The summed E-state index contributed by atoms with van der Waals surface area (Å²) in [5, 5.41) is 2.44. The highest BCUT2D eigenvalue weighted by molar-refractivity contribution is 6.03. The summed E-state index contributed by atoms with van der Waals surface area (Å²) in [6.07, 6.45) is -4.43. The molecule has 3 N–H and O–H groups in total. The van der Waals surface area contributed by atoms with Gasteiger partial charge in [-0.25, -0.2) is 0 Å². The second-order valence-electron chi connectivity index (χ2n) is 4.08. The van der Waals surface area contributed by atoms with Gasteiger partial charge in [-0.15, -0.1) is 0 Å². The van der Waals surface area contributed by atoms with Crippen molar-refractivity contribution in [3.05, 3.63) is 23.8 Å². The number of hydrogen-bond acceptors (Lipinski definition) is 3. The molecular weight excluding hydrogens is 247 g/mol. The van der Waals surface area contributed by atoms with E-state index in [1.807, 2.05) is 0 Å². The van der Waals surface area contributed by atoms with E-state index in [1.54, 1.807) is 11.9 Å². The number of hydrogen-bond donors (Lipinski definition) is 2. The minimum Gasteiger partial charge on any atom is -0.360 e. The van der Waals surface area contributed by atoms with Crippen molar-refractivity contribution in [1.82, 2.24) is 0 Å². The van der Waals surface area contributed by atoms with Crippen molar-refractivity contribution in [2.75, 3.05) is 23.8 Å². The molecule has 18 heavy (non-hydrogen) atoms. The Kier molecular flexibility index (Phi) is 2.94. The van der Waals surface area contributed by atoms with Gasteiger partial charge in [0.2, 0.25) is 5.91 Å². The number of halogens is 3.